The Kier molecular flexibility index (Phi) is 9.69. The van der Waals surface area contributed by atoms with Crippen LogP contribution in [0.4, 0.5) is 0 Å². The van der Waals surface area contributed by atoms with Crippen molar-refractivity contribution >= 4 is 0 Å². The zero-order chi connectivity index (χ0) is 10.6. The lowest BCUT2D eigenvalue weighted by Gasteiger charge is -2.19. The van der Waals surface area contributed by atoms with Gasteiger partial charge in [-0.2, -0.15) is 0 Å². The first-order chi connectivity index (χ1) is 6.85. The Morgan fingerprint density at radius 2 is 2.14 bits per heavy atom. The molecule has 0 atom stereocenters. The molecule has 0 fully saturated rings. The van der Waals surface area contributed by atoms with Crippen LogP contribution in [0, 0.1) is 0 Å². The van der Waals surface area contributed by atoms with Crippen LogP contribution in [0.3, 0.4) is 0 Å². The van der Waals surface area contributed by atoms with E-state index in [0.717, 1.165) is 39.4 Å². The van der Waals surface area contributed by atoms with Crippen molar-refractivity contribution in [3.05, 3.63) is 25.4 Å². The molecular weight excluding hydrogens is 176 g/mol. The topological polar surface area (TPSA) is 24.5 Å². The monoisotopic (exact) mass is 198 g/mol. The van der Waals surface area contributed by atoms with Gasteiger partial charge in [0.15, 0.2) is 0 Å². The maximum absolute atomic E-state index is 5.27. The van der Waals surface area contributed by atoms with Crippen LogP contribution in [0.5, 0.6) is 0 Å². The third-order valence-electron chi connectivity index (χ3n) is 1.85. The number of ether oxygens (including phenoxy) is 1. The summed E-state index contributed by atoms with van der Waals surface area (Å²) in [5.41, 5.74) is 0. The number of nitrogens with zero attached hydrogens (tertiary/aromatic N) is 1. The van der Waals surface area contributed by atoms with E-state index in [0.29, 0.717) is 0 Å². The summed E-state index contributed by atoms with van der Waals surface area (Å²) in [6, 6.07) is 0. The molecule has 0 spiro atoms. The third kappa shape index (κ3) is 7.83. The number of nitrogens with one attached hydrogen (secondary N) is 1. The second-order valence-electron chi connectivity index (χ2n) is 2.91. The van der Waals surface area contributed by atoms with E-state index in [2.05, 4.69) is 23.4 Å². The molecule has 0 aliphatic rings. The molecule has 3 heteroatoms. The van der Waals surface area contributed by atoms with Crippen LogP contribution in [-0.4, -0.2) is 44.3 Å². The van der Waals surface area contributed by atoms with Crippen molar-refractivity contribution in [2.45, 2.75) is 6.92 Å². The number of hydrogen-bond donors (Lipinski definition) is 1. The summed E-state index contributed by atoms with van der Waals surface area (Å²) in [4.78, 5) is 2.14. The maximum Gasteiger partial charge on any atom is 0.0641 e. The molecule has 0 aromatic rings. The highest BCUT2D eigenvalue weighted by Crippen LogP contribution is 1.87. The quantitative estimate of drug-likeness (QED) is 0.422. The van der Waals surface area contributed by atoms with Crippen molar-refractivity contribution < 1.29 is 4.74 Å². The van der Waals surface area contributed by atoms with E-state index in [1.807, 2.05) is 19.2 Å². The van der Waals surface area contributed by atoms with Crippen LogP contribution in [-0.2, 0) is 4.74 Å². The van der Waals surface area contributed by atoms with Crippen molar-refractivity contribution in [1.29, 1.82) is 0 Å². The van der Waals surface area contributed by atoms with Crippen LogP contribution < -0.4 is 5.32 Å². The lowest BCUT2D eigenvalue weighted by Crippen LogP contribution is -2.30. The van der Waals surface area contributed by atoms with Gasteiger partial charge in [-0.15, -0.1) is 6.58 Å². The van der Waals surface area contributed by atoms with E-state index < -0.39 is 0 Å². The lowest BCUT2D eigenvalue weighted by atomic mass is 10.5. The number of rotatable bonds is 10. The van der Waals surface area contributed by atoms with Gasteiger partial charge < -0.3 is 15.0 Å². The fourth-order valence-corrected chi connectivity index (χ4v) is 1.05. The molecule has 0 aromatic carbocycles. The molecule has 0 bridgehead atoms. The van der Waals surface area contributed by atoms with Crippen LogP contribution in [0.15, 0.2) is 25.4 Å². The fourth-order valence-electron chi connectivity index (χ4n) is 1.05. The van der Waals surface area contributed by atoms with Crippen molar-refractivity contribution in [2.24, 2.45) is 0 Å². The van der Waals surface area contributed by atoms with Crippen LogP contribution >= 0.6 is 0 Å². The first-order valence-corrected chi connectivity index (χ1v) is 5.11. The Morgan fingerprint density at radius 1 is 1.36 bits per heavy atom. The Balaban J connectivity index is 3.37. The van der Waals surface area contributed by atoms with Crippen molar-refractivity contribution in [3.63, 3.8) is 0 Å². The summed E-state index contributed by atoms with van der Waals surface area (Å²) in [5, 5.41) is 3.24. The molecule has 14 heavy (non-hydrogen) atoms. The van der Waals surface area contributed by atoms with Gasteiger partial charge in [-0.05, 0) is 13.1 Å². The summed E-state index contributed by atoms with van der Waals surface area (Å²) in [5.74, 6) is 0. The van der Waals surface area contributed by atoms with Crippen molar-refractivity contribution in [3.8, 4) is 0 Å². The van der Waals surface area contributed by atoms with Gasteiger partial charge in [0.2, 0.25) is 0 Å². The Morgan fingerprint density at radius 3 is 2.71 bits per heavy atom. The minimum atomic E-state index is 0.768. The standard InChI is InChI=1S/C11H22N2O/c1-4-7-12-8-9-13(5-2)10-11-14-6-3/h4-5,12H,1-2,6-11H2,3H3. The summed E-state index contributed by atoms with van der Waals surface area (Å²) in [6.45, 7) is 14.6. The molecule has 3 nitrogen and oxygen atoms in total. The Labute approximate surface area is 87.4 Å². The summed E-state index contributed by atoms with van der Waals surface area (Å²) < 4.78 is 5.27. The molecule has 82 valence electrons. The molecule has 0 radical (unpaired) electrons. The summed E-state index contributed by atoms with van der Waals surface area (Å²) in [7, 11) is 0. The molecule has 0 amide bonds. The van der Waals surface area contributed by atoms with E-state index >= 15 is 0 Å². The van der Waals surface area contributed by atoms with E-state index in [1.54, 1.807) is 0 Å². The summed E-state index contributed by atoms with van der Waals surface area (Å²) >= 11 is 0. The molecule has 0 unspecified atom stereocenters. The van der Waals surface area contributed by atoms with Gasteiger partial charge in [0.1, 0.15) is 0 Å². The average molecular weight is 198 g/mol. The van der Waals surface area contributed by atoms with Crippen molar-refractivity contribution in [1.82, 2.24) is 10.2 Å². The summed E-state index contributed by atoms with van der Waals surface area (Å²) in [6.07, 6.45) is 3.72. The second kappa shape index (κ2) is 10.3. The highest BCUT2D eigenvalue weighted by molar-refractivity contribution is 4.74. The minimum Gasteiger partial charge on any atom is -0.380 e. The maximum atomic E-state index is 5.27. The van der Waals surface area contributed by atoms with E-state index in [1.165, 1.54) is 0 Å². The third-order valence-corrected chi connectivity index (χ3v) is 1.85. The van der Waals surface area contributed by atoms with Gasteiger partial charge in [0.05, 0.1) is 6.61 Å². The molecule has 0 aliphatic carbocycles. The predicted molar refractivity (Wildman–Crippen MR) is 61.3 cm³/mol. The molecule has 0 saturated heterocycles. The highest BCUT2D eigenvalue weighted by Gasteiger charge is 1.96. The predicted octanol–water partition coefficient (Wildman–Crippen LogP) is 1.24. The molecule has 0 aromatic heterocycles. The Hall–Kier alpha value is -0.800. The van der Waals surface area contributed by atoms with E-state index in [-0.39, 0.29) is 0 Å². The minimum absolute atomic E-state index is 0.768. The second-order valence-corrected chi connectivity index (χ2v) is 2.91. The van der Waals surface area contributed by atoms with Crippen molar-refractivity contribution in [2.75, 3.05) is 39.4 Å². The molecule has 0 saturated carbocycles. The van der Waals surface area contributed by atoms with Crippen LogP contribution in [0.25, 0.3) is 0 Å². The normalized spacial score (nSPS) is 9.79. The van der Waals surface area contributed by atoms with Gasteiger partial charge in [-0.3, -0.25) is 0 Å². The average Bonchev–Trinajstić information content (AvgIpc) is 2.22. The molecule has 0 rings (SSSR count). The largest absolute Gasteiger partial charge is 0.380 e. The fraction of sp³-hybridized carbons (Fsp3) is 0.636. The van der Waals surface area contributed by atoms with E-state index in [9.17, 15) is 0 Å². The zero-order valence-electron chi connectivity index (χ0n) is 9.17. The number of hydrogen-bond acceptors (Lipinski definition) is 3. The van der Waals surface area contributed by atoms with E-state index in [4.69, 9.17) is 4.74 Å². The zero-order valence-corrected chi connectivity index (χ0v) is 9.17. The molecule has 0 aliphatic heterocycles. The SMILES string of the molecule is C=CCNCCN(C=C)CCOCC. The Bertz CT molecular complexity index is 148. The molecule has 0 heterocycles. The van der Waals surface area contributed by atoms with Gasteiger partial charge >= 0.3 is 0 Å². The molecular formula is C11H22N2O. The lowest BCUT2D eigenvalue weighted by molar-refractivity contribution is 0.128. The smallest absolute Gasteiger partial charge is 0.0641 e. The van der Waals surface area contributed by atoms with Gasteiger partial charge in [0.25, 0.3) is 0 Å². The van der Waals surface area contributed by atoms with Gasteiger partial charge in [0, 0.05) is 32.8 Å². The highest BCUT2D eigenvalue weighted by atomic mass is 16.5. The van der Waals surface area contributed by atoms with Crippen LogP contribution in [0.2, 0.25) is 0 Å². The first-order valence-electron chi connectivity index (χ1n) is 5.11. The first kappa shape index (κ1) is 13.2. The van der Waals surface area contributed by atoms with Crippen LogP contribution in [0.1, 0.15) is 6.92 Å². The molecule has 1 N–H and O–H groups in total. The van der Waals surface area contributed by atoms with Gasteiger partial charge in [-0.1, -0.05) is 12.7 Å². The van der Waals surface area contributed by atoms with Gasteiger partial charge in [-0.25, -0.2) is 0 Å².